The van der Waals surface area contributed by atoms with Crippen LogP contribution in [0.2, 0.25) is 0 Å². The minimum Gasteiger partial charge on any atom is -0.473 e. The Labute approximate surface area is 274 Å². The molecule has 1 N–H and O–H groups in total. The number of rotatable bonds is 6. The summed E-state index contributed by atoms with van der Waals surface area (Å²) in [7, 11) is -1.69. The number of aromatic nitrogens is 3. The molecule has 0 amide bonds. The summed E-state index contributed by atoms with van der Waals surface area (Å²) in [4.78, 5) is 15.2. The summed E-state index contributed by atoms with van der Waals surface area (Å²) in [6, 6.07) is 12.9. The number of aryl methyl sites for hydroxylation is 1. The molecule has 2 bridgehead atoms. The van der Waals surface area contributed by atoms with Crippen LogP contribution in [0, 0.1) is 12.8 Å². The highest BCUT2D eigenvalue weighted by Gasteiger charge is 2.29. The van der Waals surface area contributed by atoms with Crippen molar-refractivity contribution < 1.29 is 17.3 Å². The number of nitrogens with zero attached hydrogens (tertiary/aromatic N) is 3. The zero-order valence-corrected chi connectivity index (χ0v) is 28.1. The summed E-state index contributed by atoms with van der Waals surface area (Å²) < 4.78 is 38.1. The van der Waals surface area contributed by atoms with Gasteiger partial charge in [-0.3, -0.25) is 0 Å². The second-order valence-electron chi connectivity index (χ2n) is 13.4. The van der Waals surface area contributed by atoms with Crippen molar-refractivity contribution in [3.05, 3.63) is 66.6 Å². The topological polar surface area (TPSA) is 97.4 Å². The van der Waals surface area contributed by atoms with Gasteiger partial charge in [-0.05, 0) is 82.8 Å². The van der Waals surface area contributed by atoms with Crippen LogP contribution in [0.3, 0.4) is 0 Å². The maximum atomic E-state index is 13.0. The molecule has 1 saturated carbocycles. The number of H-pyrrole nitrogens is 1. The average Bonchev–Trinajstić information content (AvgIpc) is 3.32. The molecule has 3 heterocycles. The molecule has 0 radical (unpaired) electrons. The smallest absolute Gasteiger partial charge is 0.339 e. The largest absolute Gasteiger partial charge is 0.473 e. The fourth-order valence-electron chi connectivity index (χ4n) is 7.12. The van der Waals surface area contributed by atoms with Crippen LogP contribution in [0.1, 0.15) is 89.0 Å². The highest BCUT2D eigenvalue weighted by atomic mass is 32.2. The molecule has 0 spiro atoms. The molecule has 1 aliphatic heterocycles. The van der Waals surface area contributed by atoms with Crippen molar-refractivity contribution in [3.63, 3.8) is 0 Å². The van der Waals surface area contributed by atoms with Crippen molar-refractivity contribution in [2.75, 3.05) is 13.6 Å². The summed E-state index contributed by atoms with van der Waals surface area (Å²) in [5, 5.41) is 0.654. The molecular weight excluding hydrogens is 596 g/mol. The van der Waals surface area contributed by atoms with E-state index in [-0.39, 0.29) is 16.7 Å². The minimum atomic E-state index is -3.98. The van der Waals surface area contributed by atoms with Gasteiger partial charge in [0, 0.05) is 28.7 Å². The highest BCUT2D eigenvalue weighted by molar-refractivity contribution is 7.87. The predicted molar refractivity (Wildman–Crippen MR) is 183 cm³/mol. The molecule has 8 nitrogen and oxygen atoms in total. The van der Waals surface area contributed by atoms with Crippen molar-refractivity contribution in [1.82, 2.24) is 19.9 Å². The number of hydrogen-bond donors (Lipinski definition) is 1. The molecule has 2 aromatic heterocycles. The lowest BCUT2D eigenvalue weighted by Crippen LogP contribution is -2.35. The molecule has 2 aromatic carbocycles. The first-order valence-electron chi connectivity index (χ1n) is 17.2. The van der Waals surface area contributed by atoms with Gasteiger partial charge in [-0.25, -0.2) is 9.97 Å². The van der Waals surface area contributed by atoms with Crippen molar-refractivity contribution >= 4 is 21.0 Å². The average molecular weight is 645 g/mol. The Bertz CT molecular complexity index is 1670. The molecule has 3 unspecified atom stereocenters. The third kappa shape index (κ3) is 8.28. The molecule has 2 aliphatic rings. The van der Waals surface area contributed by atoms with Gasteiger partial charge < -0.3 is 18.8 Å². The van der Waals surface area contributed by atoms with E-state index in [0.717, 1.165) is 36.0 Å². The third-order valence-electron chi connectivity index (χ3n) is 9.90. The van der Waals surface area contributed by atoms with E-state index in [4.69, 9.17) is 13.9 Å². The first kappa shape index (κ1) is 32.5. The Morgan fingerprint density at radius 1 is 0.848 bits per heavy atom. The zero-order valence-electron chi connectivity index (χ0n) is 27.3. The summed E-state index contributed by atoms with van der Waals surface area (Å²) >= 11 is 0. The zero-order chi connectivity index (χ0) is 31.9. The summed E-state index contributed by atoms with van der Waals surface area (Å²) in [6.07, 6.45) is 21.9. The van der Waals surface area contributed by atoms with Gasteiger partial charge in [-0.2, -0.15) is 8.42 Å². The second kappa shape index (κ2) is 15.0. The molecule has 6 rings (SSSR count). The van der Waals surface area contributed by atoms with Crippen LogP contribution in [0.4, 0.5) is 0 Å². The Morgan fingerprint density at radius 3 is 2.37 bits per heavy atom. The molecule has 2 fully saturated rings. The molecule has 46 heavy (non-hydrogen) atoms. The van der Waals surface area contributed by atoms with Crippen LogP contribution >= 0.6 is 0 Å². The van der Waals surface area contributed by atoms with E-state index >= 15 is 0 Å². The second-order valence-corrected chi connectivity index (χ2v) is 15.0. The van der Waals surface area contributed by atoms with Crippen LogP contribution in [-0.2, 0) is 10.1 Å². The monoisotopic (exact) mass is 644 g/mol. The number of benzene rings is 2. The maximum absolute atomic E-state index is 13.0. The number of aromatic amines is 1. The molecule has 9 heteroatoms. The van der Waals surface area contributed by atoms with Gasteiger partial charge in [0.25, 0.3) is 0 Å². The molecule has 4 aromatic rings. The molecular formula is C37H48N4O4S. The first-order chi connectivity index (χ1) is 22.3. The van der Waals surface area contributed by atoms with E-state index in [2.05, 4.69) is 21.9 Å². The van der Waals surface area contributed by atoms with Crippen LogP contribution in [-0.4, -0.2) is 54.0 Å². The quantitative estimate of drug-likeness (QED) is 0.210. The predicted octanol–water partition coefficient (Wildman–Crippen LogP) is 8.46. The highest BCUT2D eigenvalue weighted by Crippen LogP contribution is 2.34. The molecule has 1 aliphatic carbocycles. The van der Waals surface area contributed by atoms with E-state index in [1.807, 2.05) is 25.1 Å². The van der Waals surface area contributed by atoms with Gasteiger partial charge in [0.1, 0.15) is 11.0 Å². The van der Waals surface area contributed by atoms with Crippen LogP contribution in [0.25, 0.3) is 22.2 Å². The first-order valence-corrected chi connectivity index (χ1v) is 18.6. The van der Waals surface area contributed by atoms with Crippen LogP contribution < -0.4 is 8.92 Å². The summed E-state index contributed by atoms with van der Waals surface area (Å²) in [5.74, 6) is 1.49. The van der Waals surface area contributed by atoms with E-state index in [1.54, 1.807) is 42.9 Å². The lowest BCUT2D eigenvalue weighted by atomic mass is 9.92. The third-order valence-corrected chi connectivity index (χ3v) is 11.1. The van der Waals surface area contributed by atoms with E-state index in [0.29, 0.717) is 28.9 Å². The van der Waals surface area contributed by atoms with E-state index < -0.39 is 10.1 Å². The summed E-state index contributed by atoms with van der Waals surface area (Å²) in [5.41, 5.74) is 3.24. The van der Waals surface area contributed by atoms with Crippen LogP contribution in [0.5, 0.6) is 11.6 Å². The standard InChI is InChI=1S/C37H48N4O4S/c1-27-12-17-32(18-13-27)46(42,43)45-36-25-38-34-19-15-29(22-33(34)36)35-24-40-37(26-39-35)44-31-21-28-11-9-7-5-3-4-6-8-10-20-41(2)30(23-31)16-14-28/h12-13,15,17-19,22,24-26,28,30-31,38H,3-11,14,16,20-21,23H2,1-2H3. The lowest BCUT2D eigenvalue weighted by Gasteiger charge is -2.29. The van der Waals surface area contributed by atoms with Gasteiger partial charge in [0.15, 0.2) is 5.75 Å². The van der Waals surface area contributed by atoms with Gasteiger partial charge in [-0.1, -0.05) is 75.1 Å². The fourth-order valence-corrected chi connectivity index (χ4v) is 8.06. The van der Waals surface area contributed by atoms with E-state index in [1.165, 1.54) is 70.6 Å². The van der Waals surface area contributed by atoms with Crippen molar-refractivity contribution in [2.45, 2.75) is 107 Å². The fraction of sp³-hybridized carbons (Fsp3) is 0.514. The maximum Gasteiger partial charge on any atom is 0.339 e. The van der Waals surface area contributed by atoms with Gasteiger partial charge >= 0.3 is 10.1 Å². The molecule has 246 valence electrons. The molecule has 1 saturated heterocycles. The molecule has 3 atom stereocenters. The normalized spacial score (nSPS) is 22.5. The minimum absolute atomic E-state index is 0.114. The number of nitrogens with one attached hydrogen (secondary N) is 1. The van der Waals surface area contributed by atoms with E-state index in [9.17, 15) is 8.42 Å². The Hall–Kier alpha value is -3.43. The number of ether oxygens (including phenoxy) is 1. The van der Waals surface area contributed by atoms with Crippen LogP contribution in [0.15, 0.2) is 66.0 Å². The van der Waals surface area contributed by atoms with Crippen molar-refractivity contribution in [2.24, 2.45) is 5.92 Å². The van der Waals surface area contributed by atoms with Crippen molar-refractivity contribution in [1.29, 1.82) is 0 Å². The summed E-state index contributed by atoms with van der Waals surface area (Å²) in [6.45, 7) is 3.07. The Morgan fingerprint density at radius 2 is 1.61 bits per heavy atom. The SMILES string of the molecule is Cc1ccc(S(=O)(=O)Oc2c[nH]c3ccc(-c4cnc(OC5CC6CCCCCCCCCCN(C)C(CC6)C5)cn4)cc23)cc1. The van der Waals surface area contributed by atoms with Gasteiger partial charge in [-0.15, -0.1) is 0 Å². The number of hydrogen-bond acceptors (Lipinski definition) is 7. The number of fused-ring (bicyclic) bond motifs is 4. The lowest BCUT2D eigenvalue weighted by molar-refractivity contribution is 0.122. The van der Waals surface area contributed by atoms with Gasteiger partial charge in [0.2, 0.25) is 5.88 Å². The van der Waals surface area contributed by atoms with Gasteiger partial charge in [0.05, 0.1) is 18.1 Å². The van der Waals surface area contributed by atoms with Crippen molar-refractivity contribution in [3.8, 4) is 22.9 Å². The Balaban J connectivity index is 1.15. The Kier molecular flexibility index (Phi) is 10.6.